The van der Waals surface area contributed by atoms with Crippen molar-refractivity contribution >= 4 is 17.4 Å². The molecule has 4 heteroatoms. The third kappa shape index (κ3) is 2.78. The molecule has 0 aliphatic rings. The lowest BCUT2D eigenvalue weighted by Crippen LogP contribution is -2.32. The molecule has 0 bridgehead atoms. The van der Waals surface area contributed by atoms with Gasteiger partial charge in [-0.2, -0.15) is 0 Å². The molecule has 0 saturated carbocycles. The van der Waals surface area contributed by atoms with E-state index in [0.29, 0.717) is 12.5 Å². The van der Waals surface area contributed by atoms with Gasteiger partial charge in [0, 0.05) is 17.9 Å². The number of aromatic nitrogens is 2. The van der Waals surface area contributed by atoms with Crippen molar-refractivity contribution in [1.29, 1.82) is 0 Å². The van der Waals surface area contributed by atoms with Gasteiger partial charge in [-0.15, -0.1) is 0 Å². The lowest BCUT2D eigenvalue weighted by molar-refractivity contribution is -0.109. The van der Waals surface area contributed by atoms with Crippen molar-refractivity contribution in [3.63, 3.8) is 0 Å². The number of amides is 1. The van der Waals surface area contributed by atoms with Crippen LogP contribution < -0.4 is 5.32 Å². The molecule has 0 unspecified atom stereocenters. The van der Waals surface area contributed by atoms with Crippen LogP contribution >= 0.6 is 0 Å². The highest BCUT2D eigenvalue weighted by Crippen LogP contribution is 2.26. The van der Waals surface area contributed by atoms with Crippen LogP contribution in [0.5, 0.6) is 0 Å². The Morgan fingerprint density at radius 3 is 2.79 bits per heavy atom. The number of rotatable bonds is 5. The zero-order valence-corrected chi connectivity index (χ0v) is 11.9. The number of imidazole rings is 1. The number of nitrogens with one attached hydrogen (secondary N) is 2. The maximum absolute atomic E-state index is 10.4. The Bertz CT molecular complexity index is 584. The molecule has 4 nitrogen and oxygen atoms in total. The summed E-state index contributed by atoms with van der Waals surface area (Å²) in [6.45, 7) is 9.09. The standard InChI is InChI=1S/C15H21N3O/c1-10(2)14-17-12-6-5-11(7-13(12)18-14)15(3,4)8-16-9-19/h5-7,9-10H,8H2,1-4H3,(H,16,19)(H,17,18). The summed E-state index contributed by atoms with van der Waals surface area (Å²) in [4.78, 5) is 18.4. The van der Waals surface area contributed by atoms with Gasteiger partial charge < -0.3 is 10.3 Å². The second kappa shape index (κ2) is 5.03. The number of nitrogens with zero attached hydrogens (tertiary/aromatic N) is 1. The van der Waals surface area contributed by atoms with E-state index in [4.69, 9.17) is 0 Å². The second-order valence-electron chi connectivity index (χ2n) is 5.89. The van der Waals surface area contributed by atoms with Crippen LogP contribution in [0.3, 0.4) is 0 Å². The van der Waals surface area contributed by atoms with Crippen molar-refractivity contribution in [2.24, 2.45) is 0 Å². The maximum atomic E-state index is 10.4. The van der Waals surface area contributed by atoms with Crippen molar-refractivity contribution in [1.82, 2.24) is 15.3 Å². The van der Waals surface area contributed by atoms with E-state index in [2.05, 4.69) is 55.1 Å². The van der Waals surface area contributed by atoms with Gasteiger partial charge in [-0.1, -0.05) is 33.8 Å². The predicted molar refractivity (Wildman–Crippen MR) is 77.3 cm³/mol. The van der Waals surface area contributed by atoms with Crippen molar-refractivity contribution in [3.05, 3.63) is 29.6 Å². The molecule has 0 aliphatic carbocycles. The molecule has 0 aliphatic heterocycles. The highest BCUT2D eigenvalue weighted by molar-refractivity contribution is 5.76. The van der Waals surface area contributed by atoms with Crippen LogP contribution in [0.25, 0.3) is 11.0 Å². The first-order chi connectivity index (χ1) is 8.94. The van der Waals surface area contributed by atoms with E-state index in [9.17, 15) is 4.79 Å². The Balaban J connectivity index is 2.37. The highest BCUT2D eigenvalue weighted by Gasteiger charge is 2.21. The van der Waals surface area contributed by atoms with Crippen LogP contribution in [0.1, 0.15) is 45.0 Å². The molecule has 0 atom stereocenters. The average Bonchev–Trinajstić information content (AvgIpc) is 2.79. The van der Waals surface area contributed by atoms with E-state index < -0.39 is 0 Å². The van der Waals surface area contributed by atoms with Gasteiger partial charge in [-0.05, 0) is 17.7 Å². The minimum Gasteiger partial charge on any atom is -0.358 e. The molecule has 0 spiro atoms. The lowest BCUT2D eigenvalue weighted by atomic mass is 9.84. The van der Waals surface area contributed by atoms with Crippen LogP contribution in [-0.2, 0) is 10.2 Å². The lowest BCUT2D eigenvalue weighted by Gasteiger charge is -2.24. The molecular weight excluding hydrogens is 238 g/mol. The predicted octanol–water partition coefficient (Wildman–Crippen LogP) is 2.71. The molecule has 1 heterocycles. The van der Waals surface area contributed by atoms with E-state index in [1.807, 2.05) is 6.07 Å². The number of carbonyl (C=O) groups excluding carboxylic acids is 1. The Morgan fingerprint density at radius 2 is 2.16 bits per heavy atom. The van der Waals surface area contributed by atoms with Gasteiger partial charge in [0.25, 0.3) is 0 Å². The normalized spacial score (nSPS) is 12.1. The van der Waals surface area contributed by atoms with Crippen molar-refractivity contribution in [3.8, 4) is 0 Å². The number of benzene rings is 1. The van der Waals surface area contributed by atoms with Gasteiger partial charge in [0.15, 0.2) is 0 Å². The van der Waals surface area contributed by atoms with E-state index in [1.165, 1.54) is 5.56 Å². The van der Waals surface area contributed by atoms with Gasteiger partial charge in [0.2, 0.25) is 6.41 Å². The molecule has 0 fully saturated rings. The summed E-state index contributed by atoms with van der Waals surface area (Å²) in [6.07, 6.45) is 0.743. The van der Waals surface area contributed by atoms with Crippen LogP contribution in [0, 0.1) is 0 Å². The molecular formula is C15H21N3O. The van der Waals surface area contributed by atoms with Gasteiger partial charge >= 0.3 is 0 Å². The van der Waals surface area contributed by atoms with Crippen molar-refractivity contribution < 1.29 is 4.79 Å². The van der Waals surface area contributed by atoms with Crippen molar-refractivity contribution in [2.75, 3.05) is 6.54 Å². The summed E-state index contributed by atoms with van der Waals surface area (Å²) < 4.78 is 0. The number of H-pyrrole nitrogens is 1. The summed E-state index contributed by atoms with van der Waals surface area (Å²) in [6, 6.07) is 6.25. The zero-order valence-electron chi connectivity index (χ0n) is 11.9. The number of aromatic amines is 1. The Hall–Kier alpha value is -1.84. The van der Waals surface area contributed by atoms with E-state index in [0.717, 1.165) is 23.3 Å². The van der Waals surface area contributed by atoms with Crippen LogP contribution in [-0.4, -0.2) is 22.9 Å². The fourth-order valence-corrected chi connectivity index (χ4v) is 2.12. The Kier molecular flexibility index (Phi) is 3.60. The second-order valence-corrected chi connectivity index (χ2v) is 5.89. The molecule has 2 rings (SSSR count). The average molecular weight is 259 g/mol. The molecule has 1 aromatic carbocycles. The molecule has 2 aromatic rings. The Morgan fingerprint density at radius 1 is 1.42 bits per heavy atom. The molecule has 1 aromatic heterocycles. The third-order valence-electron chi connectivity index (χ3n) is 3.46. The summed E-state index contributed by atoms with van der Waals surface area (Å²) in [5.41, 5.74) is 3.14. The van der Waals surface area contributed by atoms with Gasteiger partial charge in [0.05, 0.1) is 11.0 Å². The van der Waals surface area contributed by atoms with Crippen molar-refractivity contribution in [2.45, 2.75) is 39.0 Å². The summed E-state index contributed by atoms with van der Waals surface area (Å²) in [5, 5.41) is 2.75. The molecule has 0 radical (unpaired) electrons. The Labute approximate surface area is 113 Å². The van der Waals surface area contributed by atoms with Crippen LogP contribution in [0.4, 0.5) is 0 Å². The zero-order chi connectivity index (χ0) is 14.0. The number of hydrogen-bond acceptors (Lipinski definition) is 2. The third-order valence-corrected chi connectivity index (χ3v) is 3.46. The quantitative estimate of drug-likeness (QED) is 0.811. The minimum atomic E-state index is -0.0990. The first-order valence-corrected chi connectivity index (χ1v) is 6.61. The van der Waals surface area contributed by atoms with Gasteiger partial charge in [-0.3, -0.25) is 4.79 Å². The summed E-state index contributed by atoms with van der Waals surface area (Å²) in [7, 11) is 0. The van der Waals surface area contributed by atoms with E-state index in [1.54, 1.807) is 0 Å². The van der Waals surface area contributed by atoms with Gasteiger partial charge in [0.1, 0.15) is 5.82 Å². The number of carbonyl (C=O) groups is 1. The first kappa shape index (κ1) is 13.6. The minimum absolute atomic E-state index is 0.0990. The molecule has 1 amide bonds. The fourth-order valence-electron chi connectivity index (χ4n) is 2.12. The largest absolute Gasteiger partial charge is 0.358 e. The SMILES string of the molecule is CC(C)c1nc2ccc(C(C)(C)CNC=O)cc2[nH]1. The van der Waals surface area contributed by atoms with Crippen LogP contribution in [0.2, 0.25) is 0 Å². The molecule has 19 heavy (non-hydrogen) atoms. The molecule has 0 saturated heterocycles. The molecule has 102 valence electrons. The first-order valence-electron chi connectivity index (χ1n) is 6.61. The smallest absolute Gasteiger partial charge is 0.207 e. The number of fused-ring (bicyclic) bond motifs is 1. The summed E-state index contributed by atoms with van der Waals surface area (Å²) >= 11 is 0. The fraction of sp³-hybridized carbons (Fsp3) is 0.467. The van der Waals surface area contributed by atoms with E-state index in [-0.39, 0.29) is 5.41 Å². The van der Waals surface area contributed by atoms with Crippen LogP contribution in [0.15, 0.2) is 18.2 Å². The van der Waals surface area contributed by atoms with Gasteiger partial charge in [-0.25, -0.2) is 4.98 Å². The monoisotopic (exact) mass is 259 g/mol. The summed E-state index contributed by atoms with van der Waals surface area (Å²) in [5.74, 6) is 1.40. The maximum Gasteiger partial charge on any atom is 0.207 e. The topological polar surface area (TPSA) is 57.8 Å². The van der Waals surface area contributed by atoms with E-state index >= 15 is 0 Å². The number of hydrogen-bond donors (Lipinski definition) is 2. The highest BCUT2D eigenvalue weighted by atomic mass is 16.1. The molecule has 2 N–H and O–H groups in total.